The van der Waals surface area contributed by atoms with Gasteiger partial charge in [-0.1, -0.05) is 30.4 Å². The van der Waals surface area contributed by atoms with Gasteiger partial charge in [0.25, 0.3) is 0 Å². The third-order valence-corrected chi connectivity index (χ3v) is 1.76. The van der Waals surface area contributed by atoms with E-state index in [0.29, 0.717) is 6.04 Å². The van der Waals surface area contributed by atoms with Crippen LogP contribution < -0.4 is 10.9 Å². The van der Waals surface area contributed by atoms with E-state index in [0.717, 1.165) is 6.54 Å². The molecule has 10 heavy (non-hydrogen) atoms. The molecule has 0 aromatic rings. The first-order valence-electron chi connectivity index (χ1n) is 3.50. The fourth-order valence-corrected chi connectivity index (χ4v) is 1.22. The second-order valence-electron chi connectivity index (χ2n) is 2.45. The summed E-state index contributed by atoms with van der Waals surface area (Å²) in [6, 6.07) is 0.388. The van der Waals surface area contributed by atoms with E-state index < -0.39 is 0 Å². The van der Waals surface area contributed by atoms with Gasteiger partial charge in [-0.05, 0) is 5.57 Å². The Morgan fingerprint density at radius 3 is 3.30 bits per heavy atom. The highest BCUT2D eigenvalue weighted by atomic mass is 15.4. The van der Waals surface area contributed by atoms with Crippen LogP contribution in [0.4, 0.5) is 0 Å². The lowest BCUT2D eigenvalue weighted by Gasteiger charge is -2.23. The van der Waals surface area contributed by atoms with Crippen molar-refractivity contribution in [2.75, 3.05) is 6.54 Å². The van der Waals surface area contributed by atoms with Crippen LogP contribution in [0.1, 0.15) is 0 Å². The molecule has 0 amide bonds. The smallest absolute Gasteiger partial charge is 0.0643 e. The number of rotatable bonds is 0. The standard InChI is InChI=1S/C8H10N2/c1-2-4-8-7(3-1)5-6-9-10-8/h1-5,8-10H,6H2. The molecule has 1 unspecified atom stereocenters. The Balaban J connectivity index is 2.27. The molecule has 1 aliphatic carbocycles. The molecule has 52 valence electrons. The molecule has 0 fully saturated rings. The van der Waals surface area contributed by atoms with Crippen LogP contribution in [-0.4, -0.2) is 12.6 Å². The molecule has 0 spiro atoms. The maximum absolute atomic E-state index is 3.16. The maximum atomic E-state index is 3.16. The Kier molecular flexibility index (Phi) is 1.42. The van der Waals surface area contributed by atoms with Crippen LogP contribution in [-0.2, 0) is 0 Å². The molecule has 0 bridgehead atoms. The number of hydrogen-bond donors (Lipinski definition) is 2. The highest BCUT2D eigenvalue weighted by Gasteiger charge is 2.12. The van der Waals surface area contributed by atoms with Crippen LogP contribution in [0.5, 0.6) is 0 Å². The van der Waals surface area contributed by atoms with Gasteiger partial charge < -0.3 is 0 Å². The van der Waals surface area contributed by atoms with Gasteiger partial charge in [-0.15, -0.1) is 0 Å². The van der Waals surface area contributed by atoms with Crippen molar-refractivity contribution in [2.45, 2.75) is 6.04 Å². The molecule has 1 atom stereocenters. The summed E-state index contributed by atoms with van der Waals surface area (Å²) in [6.45, 7) is 0.921. The van der Waals surface area contributed by atoms with E-state index in [4.69, 9.17) is 0 Å². The predicted octanol–water partition coefficient (Wildman–Crippen LogP) is 0.515. The normalized spacial score (nSPS) is 29.6. The lowest BCUT2D eigenvalue weighted by atomic mass is 10.0. The van der Waals surface area contributed by atoms with Crippen LogP contribution in [0.15, 0.2) is 36.0 Å². The van der Waals surface area contributed by atoms with E-state index in [1.165, 1.54) is 5.57 Å². The number of hydrogen-bond acceptors (Lipinski definition) is 2. The lowest BCUT2D eigenvalue weighted by molar-refractivity contribution is 0.520. The Morgan fingerprint density at radius 1 is 1.40 bits per heavy atom. The van der Waals surface area contributed by atoms with E-state index in [2.05, 4.69) is 41.2 Å². The molecule has 0 saturated heterocycles. The molecule has 2 aliphatic rings. The fraction of sp³-hybridized carbons (Fsp3) is 0.250. The monoisotopic (exact) mass is 134 g/mol. The Labute approximate surface area is 60.3 Å². The van der Waals surface area contributed by atoms with Gasteiger partial charge in [0.15, 0.2) is 0 Å². The molecule has 2 nitrogen and oxygen atoms in total. The molecule has 1 heterocycles. The Hall–Kier alpha value is -0.860. The van der Waals surface area contributed by atoms with Crippen LogP contribution in [0.3, 0.4) is 0 Å². The first-order chi connectivity index (χ1) is 4.97. The van der Waals surface area contributed by atoms with Crippen molar-refractivity contribution in [3.8, 4) is 0 Å². The van der Waals surface area contributed by atoms with Crippen LogP contribution in [0.25, 0.3) is 0 Å². The molecule has 0 saturated carbocycles. The minimum Gasteiger partial charge on any atom is -0.253 e. The Bertz CT molecular complexity index is 213. The first kappa shape index (κ1) is 5.89. The van der Waals surface area contributed by atoms with Crippen molar-refractivity contribution in [1.82, 2.24) is 10.9 Å². The fourth-order valence-electron chi connectivity index (χ4n) is 1.22. The summed E-state index contributed by atoms with van der Waals surface area (Å²) in [6.07, 6.45) is 10.6. The highest BCUT2D eigenvalue weighted by molar-refractivity contribution is 5.37. The number of hydrazine groups is 1. The quantitative estimate of drug-likeness (QED) is 0.504. The zero-order valence-electron chi connectivity index (χ0n) is 5.67. The summed E-state index contributed by atoms with van der Waals surface area (Å²) in [5.74, 6) is 0. The minimum atomic E-state index is 0.388. The minimum absolute atomic E-state index is 0.388. The summed E-state index contributed by atoms with van der Waals surface area (Å²) < 4.78 is 0. The topological polar surface area (TPSA) is 24.1 Å². The first-order valence-corrected chi connectivity index (χ1v) is 3.50. The molecule has 0 radical (unpaired) electrons. The summed E-state index contributed by atoms with van der Waals surface area (Å²) in [7, 11) is 0. The SMILES string of the molecule is C1=CC2=CCNNC2C=C1. The molecule has 2 N–H and O–H groups in total. The third kappa shape index (κ3) is 0.916. The van der Waals surface area contributed by atoms with E-state index >= 15 is 0 Å². The molecule has 2 heteroatoms. The molecule has 0 aromatic carbocycles. The van der Waals surface area contributed by atoms with Crippen molar-refractivity contribution in [1.29, 1.82) is 0 Å². The third-order valence-electron chi connectivity index (χ3n) is 1.76. The lowest BCUT2D eigenvalue weighted by Crippen LogP contribution is -2.44. The molecule has 0 aromatic heterocycles. The van der Waals surface area contributed by atoms with Gasteiger partial charge in [-0.3, -0.25) is 5.43 Å². The van der Waals surface area contributed by atoms with Gasteiger partial charge in [0.1, 0.15) is 0 Å². The maximum Gasteiger partial charge on any atom is 0.0643 e. The number of fused-ring (bicyclic) bond motifs is 1. The van der Waals surface area contributed by atoms with E-state index in [-0.39, 0.29) is 0 Å². The largest absolute Gasteiger partial charge is 0.253 e. The second kappa shape index (κ2) is 2.40. The van der Waals surface area contributed by atoms with Gasteiger partial charge in [-0.2, -0.15) is 0 Å². The van der Waals surface area contributed by atoms with Crippen LogP contribution in [0, 0.1) is 0 Å². The number of nitrogens with one attached hydrogen (secondary N) is 2. The van der Waals surface area contributed by atoms with Crippen LogP contribution in [0.2, 0.25) is 0 Å². The van der Waals surface area contributed by atoms with E-state index in [9.17, 15) is 0 Å². The highest BCUT2D eigenvalue weighted by Crippen LogP contribution is 2.11. The average molecular weight is 134 g/mol. The van der Waals surface area contributed by atoms with Crippen molar-refractivity contribution in [2.24, 2.45) is 0 Å². The summed E-state index contributed by atoms with van der Waals surface area (Å²) in [4.78, 5) is 0. The zero-order chi connectivity index (χ0) is 6.81. The van der Waals surface area contributed by atoms with Crippen molar-refractivity contribution >= 4 is 0 Å². The average Bonchev–Trinajstić information content (AvgIpc) is 2.05. The number of allylic oxidation sites excluding steroid dienone is 2. The molecular weight excluding hydrogens is 124 g/mol. The van der Waals surface area contributed by atoms with Gasteiger partial charge in [0, 0.05) is 6.54 Å². The van der Waals surface area contributed by atoms with Gasteiger partial charge >= 0.3 is 0 Å². The van der Waals surface area contributed by atoms with Crippen LogP contribution >= 0.6 is 0 Å². The summed E-state index contributed by atoms with van der Waals surface area (Å²) in [5.41, 5.74) is 7.60. The predicted molar refractivity (Wildman–Crippen MR) is 41.3 cm³/mol. The molecule has 2 rings (SSSR count). The Morgan fingerprint density at radius 2 is 2.40 bits per heavy atom. The van der Waals surface area contributed by atoms with E-state index in [1.54, 1.807) is 0 Å². The second-order valence-corrected chi connectivity index (χ2v) is 2.45. The van der Waals surface area contributed by atoms with Crippen molar-refractivity contribution < 1.29 is 0 Å². The van der Waals surface area contributed by atoms with Gasteiger partial charge in [0.2, 0.25) is 0 Å². The summed E-state index contributed by atoms with van der Waals surface area (Å²) >= 11 is 0. The van der Waals surface area contributed by atoms with E-state index in [1.807, 2.05) is 0 Å². The van der Waals surface area contributed by atoms with Crippen molar-refractivity contribution in [3.63, 3.8) is 0 Å². The molecular formula is C8H10N2. The van der Waals surface area contributed by atoms with Gasteiger partial charge in [0.05, 0.1) is 6.04 Å². The van der Waals surface area contributed by atoms with Crippen molar-refractivity contribution in [3.05, 3.63) is 36.0 Å². The summed E-state index contributed by atoms with van der Waals surface area (Å²) in [5, 5.41) is 0. The van der Waals surface area contributed by atoms with Gasteiger partial charge in [-0.25, -0.2) is 5.43 Å². The molecule has 1 aliphatic heterocycles. The zero-order valence-corrected chi connectivity index (χ0v) is 5.67.